The smallest absolute Gasteiger partial charge is 0.403 e. The fraction of sp³-hybridized carbons (Fsp3) is 0.600. The van der Waals surface area contributed by atoms with E-state index in [2.05, 4.69) is 4.98 Å². The number of aromatic amines is 1. The number of aliphatic hydroxyl groups excluding tert-OH is 3. The molecule has 0 radical (unpaired) electrons. The number of hydrogen-bond donors (Lipinski definition) is 4. The highest BCUT2D eigenvalue weighted by atomic mass is 32.1. The Morgan fingerprint density at radius 3 is 2.42 bits per heavy atom. The number of alkyl halides is 1. The maximum Gasteiger partial charge on any atom is 0.530 e. The fourth-order valence-corrected chi connectivity index (χ4v) is 5.91. The van der Waals surface area contributed by atoms with Crippen LogP contribution in [0.5, 0.6) is 5.75 Å². The van der Waals surface area contributed by atoms with Gasteiger partial charge in [-0.2, -0.15) is 0 Å². The van der Waals surface area contributed by atoms with Gasteiger partial charge in [0.15, 0.2) is 6.23 Å². The number of fused-ring (bicyclic) bond motifs is 1. The SMILES string of the molecule is CC(C)(C)c1cc(C(C)(C)C)c2c(c1F)COP(=O)(OC[C@@]1(F)O[C@@H](n3cc(CO)c(=S)[nH]c3=O)[C@H](O)[C@@H]1O)O2. The van der Waals surface area contributed by atoms with Gasteiger partial charge in [0.2, 0.25) is 0 Å². The van der Waals surface area contributed by atoms with Gasteiger partial charge in [-0.05, 0) is 22.5 Å². The van der Waals surface area contributed by atoms with Gasteiger partial charge in [-0.15, -0.1) is 0 Å². The van der Waals surface area contributed by atoms with Crippen LogP contribution in [0.25, 0.3) is 0 Å². The second-order valence-corrected chi connectivity index (χ2v) is 13.9. The van der Waals surface area contributed by atoms with Crippen molar-refractivity contribution >= 4 is 20.0 Å². The van der Waals surface area contributed by atoms with Gasteiger partial charge >= 0.3 is 13.5 Å². The lowest BCUT2D eigenvalue weighted by Crippen LogP contribution is -2.43. The second kappa shape index (κ2) is 10.4. The molecule has 0 spiro atoms. The van der Waals surface area contributed by atoms with Crippen LogP contribution in [0, 0.1) is 10.5 Å². The molecule has 4 rings (SSSR count). The van der Waals surface area contributed by atoms with Crippen LogP contribution >= 0.6 is 20.0 Å². The van der Waals surface area contributed by atoms with Crippen molar-refractivity contribution in [1.82, 2.24) is 9.55 Å². The first-order valence-corrected chi connectivity index (χ1v) is 14.3. The van der Waals surface area contributed by atoms with Crippen molar-refractivity contribution < 1.29 is 47.0 Å². The minimum atomic E-state index is -4.58. The molecule has 222 valence electrons. The van der Waals surface area contributed by atoms with Crippen LogP contribution in [0.4, 0.5) is 8.78 Å². The maximum atomic E-state index is 15.8. The molecule has 1 aromatic carbocycles. The minimum Gasteiger partial charge on any atom is -0.403 e. The Bertz CT molecular complexity index is 1480. The molecule has 3 heterocycles. The van der Waals surface area contributed by atoms with E-state index in [9.17, 15) is 24.7 Å². The molecule has 1 aromatic heterocycles. The van der Waals surface area contributed by atoms with Crippen molar-refractivity contribution in [1.29, 1.82) is 0 Å². The van der Waals surface area contributed by atoms with Gasteiger partial charge in [-0.25, -0.2) is 18.1 Å². The summed E-state index contributed by atoms with van der Waals surface area (Å²) in [6, 6.07) is 1.63. The van der Waals surface area contributed by atoms with Crippen LogP contribution in [0.15, 0.2) is 17.1 Å². The van der Waals surface area contributed by atoms with Crippen LogP contribution in [-0.4, -0.2) is 49.5 Å². The Morgan fingerprint density at radius 2 is 1.85 bits per heavy atom. The Kier molecular flexibility index (Phi) is 8.00. The van der Waals surface area contributed by atoms with Crippen molar-refractivity contribution in [3.05, 3.63) is 55.5 Å². The van der Waals surface area contributed by atoms with Crippen molar-refractivity contribution in [3.63, 3.8) is 0 Å². The minimum absolute atomic E-state index is 0.0375. The first kappa shape index (κ1) is 30.9. The number of aliphatic hydroxyl groups is 3. The summed E-state index contributed by atoms with van der Waals surface area (Å²) in [4.78, 5) is 14.6. The normalized spacial score (nSPS) is 28.8. The predicted molar refractivity (Wildman–Crippen MR) is 141 cm³/mol. The molecule has 2 aliphatic rings. The van der Waals surface area contributed by atoms with Gasteiger partial charge < -0.3 is 24.6 Å². The molecule has 1 fully saturated rings. The third kappa shape index (κ3) is 5.56. The average molecular weight is 607 g/mol. The highest BCUT2D eigenvalue weighted by Crippen LogP contribution is 2.58. The van der Waals surface area contributed by atoms with Gasteiger partial charge in [-0.1, -0.05) is 53.8 Å². The standard InChI is InChI=1S/C25H33F2N2O9PS/c1-23(2,3)14-7-15(24(4,5)6)18-13(16(14)26)10-35-39(34,38-18)36-11-25(27)19(32)17(31)21(37-25)29-8-12(9-30)20(40)28-22(29)33/h7-8,17,19,21,30-32H,9-11H2,1-6H3,(H,28,33,40)/t17-,19+,21-,25-,39?/m1/s1. The Labute approximate surface area is 234 Å². The number of hydrogen-bond acceptors (Lipinski definition) is 10. The van der Waals surface area contributed by atoms with Gasteiger partial charge in [0.05, 0.1) is 18.8 Å². The van der Waals surface area contributed by atoms with E-state index in [0.717, 1.165) is 6.20 Å². The highest BCUT2D eigenvalue weighted by Gasteiger charge is 2.58. The Morgan fingerprint density at radius 1 is 1.23 bits per heavy atom. The van der Waals surface area contributed by atoms with E-state index < -0.39 is 74.3 Å². The number of H-pyrrole nitrogens is 1. The van der Waals surface area contributed by atoms with Gasteiger partial charge in [0.25, 0.3) is 5.85 Å². The van der Waals surface area contributed by atoms with Crippen molar-refractivity contribution in [2.24, 2.45) is 0 Å². The molecular formula is C25H33F2N2O9PS. The number of rotatable bonds is 5. The summed E-state index contributed by atoms with van der Waals surface area (Å²) in [5.41, 5.74) is -0.989. The summed E-state index contributed by atoms with van der Waals surface area (Å²) in [5, 5.41) is 30.4. The van der Waals surface area contributed by atoms with Gasteiger partial charge in [-0.3, -0.25) is 18.6 Å². The van der Waals surface area contributed by atoms with Gasteiger partial charge in [0.1, 0.15) is 35.0 Å². The van der Waals surface area contributed by atoms with Crippen LogP contribution in [-0.2, 0) is 42.4 Å². The van der Waals surface area contributed by atoms with Crippen LogP contribution in [0.2, 0.25) is 0 Å². The lowest BCUT2D eigenvalue weighted by atomic mass is 9.78. The molecule has 15 heteroatoms. The third-order valence-corrected chi connectivity index (χ3v) is 8.44. The molecule has 0 amide bonds. The van der Waals surface area contributed by atoms with Gasteiger partial charge in [0, 0.05) is 17.3 Å². The molecule has 40 heavy (non-hydrogen) atoms. The average Bonchev–Trinajstić information content (AvgIpc) is 3.06. The number of aromatic nitrogens is 2. The number of benzene rings is 1. The molecule has 2 aliphatic heterocycles. The molecule has 1 saturated heterocycles. The Hall–Kier alpha value is -2.03. The zero-order valence-corrected chi connectivity index (χ0v) is 24.6. The van der Waals surface area contributed by atoms with Crippen LogP contribution in [0.1, 0.15) is 70.0 Å². The van der Waals surface area contributed by atoms with Crippen LogP contribution < -0.4 is 10.2 Å². The lowest BCUT2D eigenvalue weighted by molar-refractivity contribution is -0.205. The highest BCUT2D eigenvalue weighted by molar-refractivity contribution is 7.71. The molecule has 5 atom stereocenters. The van der Waals surface area contributed by atoms with Crippen LogP contribution in [0.3, 0.4) is 0 Å². The maximum absolute atomic E-state index is 15.8. The molecule has 0 bridgehead atoms. The van der Waals surface area contributed by atoms with E-state index in [0.29, 0.717) is 15.7 Å². The fourth-order valence-electron chi connectivity index (χ4n) is 4.47. The number of phosphoric ester groups is 1. The van der Waals surface area contributed by atoms with E-state index in [1.165, 1.54) is 0 Å². The van der Waals surface area contributed by atoms with E-state index in [1.54, 1.807) is 6.07 Å². The Balaban J connectivity index is 1.61. The van der Waals surface area contributed by atoms with E-state index in [4.69, 9.17) is 30.5 Å². The zero-order valence-electron chi connectivity index (χ0n) is 22.9. The summed E-state index contributed by atoms with van der Waals surface area (Å²) in [6.45, 7) is 8.81. The molecule has 1 unspecified atom stereocenters. The predicted octanol–water partition coefficient (Wildman–Crippen LogP) is 3.78. The summed E-state index contributed by atoms with van der Waals surface area (Å²) in [6.07, 6.45) is -4.95. The number of nitrogens with zero attached hydrogens (tertiary/aromatic N) is 1. The third-order valence-electron chi connectivity index (χ3n) is 6.77. The lowest BCUT2D eigenvalue weighted by Gasteiger charge is -2.34. The van der Waals surface area contributed by atoms with E-state index in [-0.39, 0.29) is 21.5 Å². The molecular weight excluding hydrogens is 573 g/mol. The molecule has 0 saturated carbocycles. The second-order valence-electron chi connectivity index (χ2n) is 11.9. The van der Waals surface area contributed by atoms with E-state index in [1.807, 2.05) is 41.5 Å². The van der Waals surface area contributed by atoms with E-state index >= 15 is 8.78 Å². The molecule has 4 N–H and O–H groups in total. The summed E-state index contributed by atoms with van der Waals surface area (Å²) in [7, 11) is -4.58. The summed E-state index contributed by atoms with van der Waals surface area (Å²) >= 11 is 4.93. The van der Waals surface area contributed by atoms with Crippen molar-refractivity contribution in [2.75, 3.05) is 6.61 Å². The first-order valence-electron chi connectivity index (χ1n) is 12.4. The summed E-state index contributed by atoms with van der Waals surface area (Å²) < 4.78 is 66.5. The van der Waals surface area contributed by atoms with Crippen molar-refractivity contribution in [3.8, 4) is 5.75 Å². The molecule has 2 aromatic rings. The number of halogens is 2. The zero-order chi connectivity index (χ0) is 30.0. The number of nitrogens with one attached hydrogen (secondary N) is 1. The summed E-state index contributed by atoms with van der Waals surface area (Å²) in [5.74, 6) is -3.80. The largest absolute Gasteiger partial charge is 0.530 e. The van der Waals surface area contributed by atoms with Crippen molar-refractivity contribution in [2.45, 2.75) is 89.9 Å². The topological polar surface area (TPSA) is 152 Å². The first-order chi connectivity index (χ1) is 18.3. The number of ether oxygens (including phenoxy) is 1. The molecule has 0 aliphatic carbocycles. The molecule has 11 nitrogen and oxygen atoms in total. The monoisotopic (exact) mass is 606 g/mol. The quantitative estimate of drug-likeness (QED) is 0.292. The number of phosphoric acid groups is 1.